The summed E-state index contributed by atoms with van der Waals surface area (Å²) in [5.74, 6) is 1.16. The van der Waals surface area contributed by atoms with E-state index < -0.39 is 0 Å². The summed E-state index contributed by atoms with van der Waals surface area (Å²) in [7, 11) is 0. The van der Waals surface area contributed by atoms with Gasteiger partial charge in [0.1, 0.15) is 0 Å². The number of benzene rings is 2. The molecule has 1 aliphatic carbocycles. The third kappa shape index (κ3) is 5.52. The molecule has 0 unspecified atom stereocenters. The average molecular weight is 499 g/mol. The molecule has 5 rings (SSSR count). The number of nitrogens with zero attached hydrogens (tertiary/aromatic N) is 5. The molecule has 0 saturated heterocycles. The van der Waals surface area contributed by atoms with E-state index >= 15 is 0 Å². The number of hydrogen-bond acceptors (Lipinski definition) is 5. The summed E-state index contributed by atoms with van der Waals surface area (Å²) >= 11 is 0. The van der Waals surface area contributed by atoms with Crippen molar-refractivity contribution in [2.24, 2.45) is 5.92 Å². The first-order chi connectivity index (χ1) is 17.9. The molecule has 7 nitrogen and oxygen atoms in total. The number of pyridine rings is 1. The van der Waals surface area contributed by atoms with Crippen molar-refractivity contribution in [3.05, 3.63) is 87.0 Å². The summed E-state index contributed by atoms with van der Waals surface area (Å²) in [6.45, 7) is 9.82. The first kappa shape index (κ1) is 25.3. The molecule has 1 aliphatic rings. The normalized spacial score (nSPS) is 15.6. The second-order valence-electron chi connectivity index (χ2n) is 11.0. The van der Waals surface area contributed by atoms with Gasteiger partial charge in [0.25, 0.3) is 5.56 Å². The van der Waals surface area contributed by atoms with E-state index in [0.717, 1.165) is 40.7 Å². The van der Waals surface area contributed by atoms with Gasteiger partial charge in [-0.2, -0.15) is 0 Å². The Kier molecular flexibility index (Phi) is 7.51. The summed E-state index contributed by atoms with van der Waals surface area (Å²) in [6.07, 6.45) is 5.95. The van der Waals surface area contributed by atoms with Crippen molar-refractivity contribution in [2.45, 2.75) is 85.0 Å². The highest BCUT2D eigenvalue weighted by Crippen LogP contribution is 2.34. The maximum Gasteiger partial charge on any atom is 0.252 e. The van der Waals surface area contributed by atoms with Gasteiger partial charge in [-0.05, 0) is 71.9 Å². The van der Waals surface area contributed by atoms with Crippen molar-refractivity contribution in [1.29, 1.82) is 0 Å². The lowest BCUT2D eigenvalue weighted by Crippen LogP contribution is -2.36. The molecule has 0 spiro atoms. The molecule has 0 amide bonds. The summed E-state index contributed by atoms with van der Waals surface area (Å²) in [4.78, 5) is 18.8. The van der Waals surface area contributed by atoms with Gasteiger partial charge in [0.2, 0.25) is 0 Å². The van der Waals surface area contributed by atoms with E-state index in [2.05, 4.69) is 94.2 Å². The predicted molar refractivity (Wildman–Crippen MR) is 147 cm³/mol. The molecular formula is C30H38N6O. The van der Waals surface area contributed by atoms with Crippen LogP contribution in [0.4, 0.5) is 0 Å². The second kappa shape index (κ2) is 11.0. The molecule has 37 heavy (non-hydrogen) atoms. The molecule has 1 saturated carbocycles. The quantitative estimate of drug-likeness (QED) is 0.321. The van der Waals surface area contributed by atoms with E-state index in [0.29, 0.717) is 19.1 Å². The zero-order chi connectivity index (χ0) is 25.9. The van der Waals surface area contributed by atoms with Gasteiger partial charge in [0, 0.05) is 29.6 Å². The Bertz CT molecular complexity index is 1400. The first-order valence-corrected chi connectivity index (χ1v) is 13.6. The fraction of sp³-hybridized carbons (Fsp3) is 0.467. The van der Waals surface area contributed by atoms with Crippen LogP contribution in [0.2, 0.25) is 0 Å². The maximum atomic E-state index is 13.3. The van der Waals surface area contributed by atoms with Crippen molar-refractivity contribution < 1.29 is 0 Å². The van der Waals surface area contributed by atoms with Gasteiger partial charge in [-0.3, -0.25) is 9.69 Å². The second-order valence-corrected chi connectivity index (χ2v) is 11.0. The molecule has 4 aromatic rings. The lowest BCUT2D eigenvalue weighted by atomic mass is 9.94. The van der Waals surface area contributed by atoms with Crippen LogP contribution in [-0.4, -0.2) is 30.1 Å². The van der Waals surface area contributed by atoms with Gasteiger partial charge in [0.15, 0.2) is 5.82 Å². The molecule has 2 aromatic carbocycles. The number of aromatic amines is 1. The van der Waals surface area contributed by atoms with Gasteiger partial charge in [0.05, 0.1) is 12.1 Å². The summed E-state index contributed by atoms with van der Waals surface area (Å²) < 4.78 is 2.08. The maximum absolute atomic E-state index is 13.3. The van der Waals surface area contributed by atoms with Crippen LogP contribution in [0.15, 0.2) is 53.3 Å². The van der Waals surface area contributed by atoms with Gasteiger partial charge >= 0.3 is 0 Å². The smallest absolute Gasteiger partial charge is 0.252 e. The monoisotopic (exact) mass is 498 g/mol. The Morgan fingerprint density at radius 3 is 2.51 bits per heavy atom. The number of hydrogen-bond donors (Lipinski definition) is 1. The molecule has 194 valence electrons. The fourth-order valence-corrected chi connectivity index (χ4v) is 5.99. The average Bonchev–Trinajstić information content (AvgIpc) is 3.35. The predicted octanol–water partition coefficient (Wildman–Crippen LogP) is 6.04. The van der Waals surface area contributed by atoms with E-state index in [9.17, 15) is 4.79 Å². The largest absolute Gasteiger partial charge is 0.322 e. The Balaban J connectivity index is 1.57. The highest BCUT2D eigenvalue weighted by molar-refractivity contribution is 5.83. The molecule has 2 heterocycles. The number of aryl methyl sites for hydroxylation is 2. The number of rotatable bonds is 8. The molecule has 1 N–H and O–H groups in total. The van der Waals surface area contributed by atoms with E-state index in [4.69, 9.17) is 0 Å². The molecule has 0 aliphatic heterocycles. The van der Waals surface area contributed by atoms with Gasteiger partial charge in [-0.15, -0.1) is 5.10 Å². The third-order valence-corrected chi connectivity index (χ3v) is 7.72. The Morgan fingerprint density at radius 2 is 1.78 bits per heavy atom. The van der Waals surface area contributed by atoms with Gasteiger partial charge in [-0.25, -0.2) is 4.68 Å². The molecule has 1 fully saturated rings. The standard InChI is InChI=1S/C30H38N6O/c1-20(2)28(29-32-33-34-36(29)25-13-9-6-10-14-25)35(18-23-11-7-5-8-12-23)19-24-17-26-22(4)15-21(3)16-27(26)31-30(24)37/h5,7-8,11-12,15-17,20,25,28H,6,9-10,13-14,18-19H2,1-4H3,(H,31,37)/t28-/m0/s1. The summed E-state index contributed by atoms with van der Waals surface area (Å²) in [6, 6.07) is 17.1. The summed E-state index contributed by atoms with van der Waals surface area (Å²) in [5, 5.41) is 14.3. The zero-order valence-corrected chi connectivity index (χ0v) is 22.4. The molecule has 0 radical (unpaired) electrons. The number of H-pyrrole nitrogens is 1. The van der Waals surface area contributed by atoms with Gasteiger partial charge in [-0.1, -0.05) is 69.5 Å². The van der Waals surface area contributed by atoms with E-state index in [1.807, 2.05) is 12.1 Å². The molecule has 1 atom stereocenters. The van der Waals surface area contributed by atoms with Crippen molar-refractivity contribution in [2.75, 3.05) is 0 Å². The van der Waals surface area contributed by atoms with E-state index in [1.165, 1.54) is 30.4 Å². The van der Waals surface area contributed by atoms with E-state index in [1.54, 1.807) is 0 Å². The number of tetrazole rings is 1. The van der Waals surface area contributed by atoms with Crippen LogP contribution in [-0.2, 0) is 13.1 Å². The van der Waals surface area contributed by atoms with Crippen LogP contribution in [0.3, 0.4) is 0 Å². The Labute approximate surface area is 218 Å². The van der Waals surface area contributed by atoms with Crippen LogP contribution < -0.4 is 5.56 Å². The number of aromatic nitrogens is 5. The van der Waals surface area contributed by atoms with E-state index in [-0.39, 0.29) is 17.5 Å². The Morgan fingerprint density at radius 1 is 1.03 bits per heavy atom. The molecule has 7 heteroatoms. The lowest BCUT2D eigenvalue weighted by molar-refractivity contribution is 0.121. The van der Waals surface area contributed by atoms with Crippen molar-refractivity contribution >= 4 is 10.9 Å². The summed E-state index contributed by atoms with van der Waals surface area (Å²) in [5.41, 5.74) is 5.14. The molecule has 0 bridgehead atoms. The highest BCUT2D eigenvalue weighted by atomic mass is 16.1. The van der Waals surface area contributed by atoms with Crippen molar-refractivity contribution in [3.8, 4) is 0 Å². The number of fused-ring (bicyclic) bond motifs is 1. The Hall–Kier alpha value is -3.32. The lowest BCUT2D eigenvalue weighted by Gasteiger charge is -2.35. The van der Waals surface area contributed by atoms with Crippen LogP contribution in [0, 0.1) is 19.8 Å². The first-order valence-electron chi connectivity index (χ1n) is 13.6. The SMILES string of the molecule is Cc1cc(C)c2cc(CN(Cc3ccccc3)[C@H](c3nnnn3C3CCCCC3)C(C)C)c(=O)[nH]c2c1. The van der Waals surface area contributed by atoms with Crippen LogP contribution in [0.5, 0.6) is 0 Å². The highest BCUT2D eigenvalue weighted by Gasteiger charge is 2.32. The van der Waals surface area contributed by atoms with Crippen molar-refractivity contribution in [3.63, 3.8) is 0 Å². The number of nitrogens with one attached hydrogen (secondary N) is 1. The fourth-order valence-electron chi connectivity index (χ4n) is 5.99. The van der Waals surface area contributed by atoms with Gasteiger partial charge < -0.3 is 4.98 Å². The molecular weight excluding hydrogens is 460 g/mol. The van der Waals surface area contributed by atoms with Crippen LogP contribution in [0.1, 0.15) is 86.1 Å². The van der Waals surface area contributed by atoms with Crippen molar-refractivity contribution in [1.82, 2.24) is 30.1 Å². The topological polar surface area (TPSA) is 79.7 Å². The van der Waals surface area contributed by atoms with Crippen LogP contribution >= 0.6 is 0 Å². The minimum atomic E-state index is -0.0371. The zero-order valence-electron chi connectivity index (χ0n) is 22.4. The third-order valence-electron chi connectivity index (χ3n) is 7.72. The van der Waals surface area contributed by atoms with Crippen LogP contribution in [0.25, 0.3) is 10.9 Å². The minimum absolute atomic E-state index is 0.0358. The molecule has 2 aromatic heterocycles. The minimum Gasteiger partial charge on any atom is -0.322 e.